The quantitative estimate of drug-likeness (QED) is 0.204. The van der Waals surface area contributed by atoms with E-state index >= 15 is 4.39 Å². The van der Waals surface area contributed by atoms with Crippen LogP contribution in [0.15, 0.2) is 30.6 Å². The number of aromatic nitrogens is 4. The predicted molar refractivity (Wildman–Crippen MR) is 182 cm³/mol. The van der Waals surface area contributed by atoms with Crippen molar-refractivity contribution in [3.05, 3.63) is 58.5 Å². The first-order valence-electron chi connectivity index (χ1n) is 15.5. The lowest BCUT2D eigenvalue weighted by Crippen LogP contribution is -2.49. The summed E-state index contributed by atoms with van der Waals surface area (Å²) in [6.07, 6.45) is 5.07. The molecule has 0 aliphatic carbocycles. The zero-order valence-electron chi connectivity index (χ0n) is 26.4. The van der Waals surface area contributed by atoms with Gasteiger partial charge in [0, 0.05) is 54.4 Å². The first-order valence-corrected chi connectivity index (χ1v) is 16.7. The van der Waals surface area contributed by atoms with Crippen molar-refractivity contribution in [1.82, 2.24) is 24.8 Å². The number of benzene rings is 2. The molecule has 2 saturated heterocycles. The molecule has 5 aromatic rings. The normalized spacial score (nSPS) is 20.1. The number of ether oxygens (including phenoxy) is 2. The minimum Gasteiger partial charge on any atom is -0.462 e. The third-order valence-corrected chi connectivity index (χ3v) is 10.7. The smallest absolute Gasteiger partial charge is 0.319 e. The van der Waals surface area contributed by atoms with Crippen molar-refractivity contribution in [2.75, 3.05) is 43.2 Å². The Morgan fingerprint density at radius 3 is 2.79 bits per heavy atom. The fourth-order valence-electron chi connectivity index (χ4n) is 6.76. The Kier molecular flexibility index (Phi) is 8.41. The maximum Gasteiger partial charge on any atom is 0.319 e. The number of nitrogen functional groups attached to an aromatic ring is 2. The molecule has 2 fully saturated rings. The molecule has 5 heterocycles. The van der Waals surface area contributed by atoms with E-state index in [1.54, 1.807) is 24.2 Å². The van der Waals surface area contributed by atoms with Crippen LogP contribution in [0.3, 0.4) is 0 Å². The number of thiophene rings is 1. The minimum absolute atomic E-state index is 0.0126. The largest absolute Gasteiger partial charge is 0.462 e. The summed E-state index contributed by atoms with van der Waals surface area (Å²) >= 11 is 7.76. The van der Waals surface area contributed by atoms with Crippen LogP contribution in [0, 0.1) is 23.0 Å². The van der Waals surface area contributed by atoms with Crippen LogP contribution in [-0.4, -0.2) is 69.8 Å². The first-order chi connectivity index (χ1) is 23.1. The Labute approximate surface area is 284 Å². The summed E-state index contributed by atoms with van der Waals surface area (Å²) in [6.45, 7) is 5.69. The molecule has 48 heavy (non-hydrogen) atoms. The summed E-state index contributed by atoms with van der Waals surface area (Å²) in [4.78, 5) is 22.1. The minimum atomic E-state index is -0.782. The summed E-state index contributed by atoms with van der Waals surface area (Å²) < 4.78 is 44.1. The molecule has 4 N–H and O–H groups in total. The van der Waals surface area contributed by atoms with E-state index in [2.05, 4.69) is 26.8 Å². The second-order valence-corrected chi connectivity index (χ2v) is 13.6. The molecule has 0 bridgehead atoms. The van der Waals surface area contributed by atoms with E-state index in [0.717, 1.165) is 30.7 Å². The molecule has 0 amide bonds. The van der Waals surface area contributed by atoms with Crippen LogP contribution in [0.1, 0.15) is 44.0 Å². The molecule has 248 valence electrons. The van der Waals surface area contributed by atoms with Gasteiger partial charge in [-0.1, -0.05) is 17.7 Å². The molecule has 4 atom stereocenters. The van der Waals surface area contributed by atoms with Crippen LogP contribution < -0.4 is 21.1 Å². The van der Waals surface area contributed by atoms with E-state index in [1.165, 1.54) is 18.3 Å². The summed E-state index contributed by atoms with van der Waals surface area (Å²) in [5.74, 6) is -0.786. The number of nitriles is 1. The first kappa shape index (κ1) is 32.1. The van der Waals surface area contributed by atoms with Crippen LogP contribution in [0.25, 0.3) is 32.1 Å². The number of rotatable bonds is 7. The zero-order chi connectivity index (χ0) is 33.9. The Morgan fingerprint density at radius 1 is 1.23 bits per heavy atom. The lowest BCUT2D eigenvalue weighted by atomic mass is 9.97. The molecule has 15 heteroatoms. The number of halogens is 3. The molecular formula is C33H32ClF2N9O2S. The molecule has 7 rings (SSSR count). The van der Waals surface area contributed by atoms with Gasteiger partial charge in [-0.25, -0.2) is 13.8 Å². The van der Waals surface area contributed by atoms with Gasteiger partial charge in [0.15, 0.2) is 5.82 Å². The number of hydrogen-bond donors (Lipinski definition) is 2. The lowest BCUT2D eigenvalue weighted by molar-refractivity contribution is -0.0556. The second kappa shape index (κ2) is 12.6. The standard InChI is InChI=1S/C33H32ClF2N9O2S/c1-15-12-45-17(13-46-15)4-5-18(45)14-47-33-42-28-20(32(43-33)44(3)16(2)27-30(38)41-9-8-40-27)10-22(34)25(26(28)36)19-6-7-23(35)29-24(19)21(11-37)31(39)48-29/h6-10,15-18H,4-5,12-14,39H2,1-3H3,(H2,38,41)/t15-,16-,17+,18+/m1/s1. The fourth-order valence-corrected chi connectivity index (χ4v) is 8.01. The Balaban J connectivity index is 1.37. The maximum absolute atomic E-state index is 17.0. The van der Waals surface area contributed by atoms with Crippen LogP contribution >= 0.6 is 22.9 Å². The highest BCUT2D eigenvalue weighted by Crippen LogP contribution is 2.46. The molecular weight excluding hydrogens is 660 g/mol. The van der Waals surface area contributed by atoms with E-state index in [9.17, 15) is 9.65 Å². The topological polar surface area (TPSA) is 152 Å². The van der Waals surface area contributed by atoms with Crippen molar-refractivity contribution < 1.29 is 18.3 Å². The second-order valence-electron chi connectivity index (χ2n) is 12.2. The summed E-state index contributed by atoms with van der Waals surface area (Å²) in [6, 6.07) is 6.16. The fraction of sp³-hybridized carbons (Fsp3) is 0.364. The average Bonchev–Trinajstić information content (AvgIpc) is 3.64. The van der Waals surface area contributed by atoms with Crippen LogP contribution in [0.4, 0.5) is 25.4 Å². The molecule has 0 spiro atoms. The van der Waals surface area contributed by atoms with Crippen molar-refractivity contribution >= 4 is 60.6 Å². The van der Waals surface area contributed by atoms with E-state index in [0.29, 0.717) is 36.2 Å². The predicted octanol–water partition coefficient (Wildman–Crippen LogP) is 6.10. The van der Waals surface area contributed by atoms with Gasteiger partial charge in [-0.15, -0.1) is 11.3 Å². The highest BCUT2D eigenvalue weighted by atomic mass is 35.5. The Morgan fingerprint density at radius 2 is 2.02 bits per heavy atom. The van der Waals surface area contributed by atoms with E-state index in [4.69, 9.17) is 37.5 Å². The molecule has 2 aliphatic heterocycles. The molecule has 2 aromatic carbocycles. The number of anilines is 3. The van der Waals surface area contributed by atoms with Crippen LogP contribution in [0.5, 0.6) is 6.01 Å². The van der Waals surface area contributed by atoms with Gasteiger partial charge in [-0.05, 0) is 44.4 Å². The highest BCUT2D eigenvalue weighted by molar-refractivity contribution is 7.23. The van der Waals surface area contributed by atoms with Crippen molar-refractivity contribution in [2.45, 2.75) is 50.9 Å². The van der Waals surface area contributed by atoms with E-state index < -0.39 is 17.7 Å². The summed E-state index contributed by atoms with van der Waals surface area (Å²) in [5, 5.41) is 10.5. The lowest BCUT2D eigenvalue weighted by Gasteiger charge is -2.37. The van der Waals surface area contributed by atoms with Crippen LogP contribution in [-0.2, 0) is 4.74 Å². The summed E-state index contributed by atoms with van der Waals surface area (Å²) in [5.41, 5.74) is 12.9. The zero-order valence-corrected chi connectivity index (χ0v) is 27.9. The van der Waals surface area contributed by atoms with E-state index in [-0.39, 0.29) is 66.3 Å². The van der Waals surface area contributed by atoms with Gasteiger partial charge in [0.2, 0.25) is 0 Å². The van der Waals surface area contributed by atoms with Crippen molar-refractivity contribution in [1.29, 1.82) is 5.26 Å². The molecule has 0 unspecified atom stereocenters. The molecule has 11 nitrogen and oxygen atoms in total. The molecule has 3 aromatic heterocycles. The van der Waals surface area contributed by atoms with Gasteiger partial charge in [0.1, 0.15) is 46.3 Å². The summed E-state index contributed by atoms with van der Waals surface area (Å²) in [7, 11) is 1.78. The van der Waals surface area contributed by atoms with Crippen LogP contribution in [0.2, 0.25) is 5.02 Å². The average molecular weight is 692 g/mol. The van der Waals surface area contributed by atoms with Gasteiger partial charge in [0.05, 0.1) is 34.0 Å². The monoisotopic (exact) mass is 691 g/mol. The van der Waals surface area contributed by atoms with Gasteiger partial charge >= 0.3 is 6.01 Å². The van der Waals surface area contributed by atoms with Gasteiger partial charge < -0.3 is 25.8 Å². The van der Waals surface area contributed by atoms with Crippen molar-refractivity contribution in [3.63, 3.8) is 0 Å². The third-order valence-electron chi connectivity index (χ3n) is 9.33. The van der Waals surface area contributed by atoms with E-state index in [1.807, 2.05) is 13.0 Å². The van der Waals surface area contributed by atoms with Crippen molar-refractivity contribution in [2.24, 2.45) is 0 Å². The highest BCUT2D eigenvalue weighted by Gasteiger charge is 2.38. The Hall–Kier alpha value is -4.42. The number of fused-ring (bicyclic) bond motifs is 3. The van der Waals surface area contributed by atoms with Gasteiger partial charge in [-0.3, -0.25) is 9.88 Å². The maximum atomic E-state index is 17.0. The number of morpholine rings is 1. The molecule has 2 aliphatic rings. The Bertz CT molecular complexity index is 2110. The van der Waals surface area contributed by atoms with Gasteiger partial charge in [-0.2, -0.15) is 15.2 Å². The SMILES string of the molecule is C[C@@H]1CN2[C@H](COc3nc(N(C)[C@H](C)c4nccnc4N)c4cc(Cl)c(-c5ccc(F)c6sc(N)c(C#N)c56)c(F)c4n3)CC[C@H]2CO1. The number of nitrogens with zero attached hydrogens (tertiary/aromatic N) is 7. The molecule has 0 saturated carbocycles. The van der Waals surface area contributed by atoms with Crippen molar-refractivity contribution in [3.8, 4) is 23.2 Å². The number of nitrogens with two attached hydrogens (primary N) is 2. The molecule has 0 radical (unpaired) electrons. The number of hydrogen-bond acceptors (Lipinski definition) is 12. The third kappa shape index (κ3) is 5.40. The van der Waals surface area contributed by atoms with Gasteiger partial charge in [0.25, 0.3) is 0 Å².